The van der Waals surface area contributed by atoms with Gasteiger partial charge in [-0.25, -0.2) is 0 Å². The van der Waals surface area contributed by atoms with Gasteiger partial charge in [0.15, 0.2) is 0 Å². The van der Waals surface area contributed by atoms with Gasteiger partial charge in [-0.2, -0.15) is 0 Å². The Morgan fingerprint density at radius 2 is 1.63 bits per heavy atom. The minimum absolute atomic E-state index is 0.162. The Morgan fingerprint density at radius 1 is 0.829 bits per heavy atom. The van der Waals surface area contributed by atoms with Crippen LogP contribution in [0.25, 0.3) is 10.8 Å². The largest absolute Gasteiger partial charge is 0.496 e. The van der Waals surface area contributed by atoms with E-state index in [0.29, 0.717) is 25.0 Å². The molecule has 3 unspecified atom stereocenters. The van der Waals surface area contributed by atoms with Crippen LogP contribution in [0.2, 0.25) is 0 Å². The van der Waals surface area contributed by atoms with Crippen LogP contribution in [0.5, 0.6) is 17.2 Å². The van der Waals surface area contributed by atoms with Crippen molar-refractivity contribution >= 4 is 16.5 Å². The fourth-order valence-electron chi connectivity index (χ4n) is 5.56. The third-order valence-corrected chi connectivity index (χ3v) is 7.16. The molecule has 0 radical (unpaired) electrons. The topological polar surface area (TPSA) is 39.7 Å². The van der Waals surface area contributed by atoms with Gasteiger partial charge >= 0.3 is 0 Å². The fourth-order valence-corrected chi connectivity index (χ4v) is 5.56. The standard InChI is InChI=1S/C31H29NO3/c1-33-29-17-14-21-8-5-6-11-24(21)30(29)31-26-13-7-12-25(26)27-20-23(15-16-28(27)32-31)35-19-18-34-22-9-3-2-4-10-22/h2-12,14-17,20,25-26,31-32H,13,18-19H2,1H3. The highest BCUT2D eigenvalue weighted by molar-refractivity contribution is 5.89. The van der Waals surface area contributed by atoms with E-state index in [0.717, 1.165) is 29.4 Å². The quantitative estimate of drug-likeness (QED) is 0.234. The molecule has 4 nitrogen and oxygen atoms in total. The number of benzene rings is 4. The van der Waals surface area contributed by atoms with Crippen LogP contribution in [0.4, 0.5) is 5.69 Å². The number of fused-ring (bicyclic) bond motifs is 4. The highest BCUT2D eigenvalue weighted by atomic mass is 16.5. The Kier molecular flexibility index (Phi) is 5.79. The van der Waals surface area contributed by atoms with Crippen LogP contribution >= 0.6 is 0 Å². The van der Waals surface area contributed by atoms with Gasteiger partial charge in [-0.1, -0.05) is 60.7 Å². The first kappa shape index (κ1) is 21.6. The molecule has 6 rings (SSSR count). The molecule has 4 aromatic carbocycles. The second kappa shape index (κ2) is 9.38. The average Bonchev–Trinajstić information content (AvgIpc) is 3.41. The van der Waals surface area contributed by atoms with Gasteiger partial charge in [-0.05, 0) is 65.1 Å². The number of anilines is 1. The molecule has 0 aromatic heterocycles. The summed E-state index contributed by atoms with van der Waals surface area (Å²) in [5.41, 5.74) is 3.69. The number of nitrogens with one attached hydrogen (secondary N) is 1. The lowest BCUT2D eigenvalue weighted by atomic mass is 9.76. The van der Waals surface area contributed by atoms with E-state index in [-0.39, 0.29) is 6.04 Å². The normalized spacial score (nSPS) is 20.1. The molecule has 0 amide bonds. The molecule has 0 bridgehead atoms. The highest BCUT2D eigenvalue weighted by Gasteiger charge is 2.39. The van der Waals surface area contributed by atoms with Crippen LogP contribution in [0, 0.1) is 5.92 Å². The molecule has 1 aliphatic carbocycles. The summed E-state index contributed by atoms with van der Waals surface area (Å²) in [5.74, 6) is 3.43. The smallest absolute Gasteiger partial charge is 0.124 e. The Morgan fingerprint density at radius 3 is 2.49 bits per heavy atom. The molecule has 0 fully saturated rings. The van der Waals surface area contributed by atoms with Gasteiger partial charge in [0, 0.05) is 17.2 Å². The van der Waals surface area contributed by atoms with Gasteiger partial charge in [-0.3, -0.25) is 0 Å². The molecule has 4 aromatic rings. The van der Waals surface area contributed by atoms with Crippen molar-refractivity contribution in [2.45, 2.75) is 18.4 Å². The lowest BCUT2D eigenvalue weighted by Gasteiger charge is -2.38. The van der Waals surface area contributed by atoms with E-state index in [1.54, 1.807) is 7.11 Å². The van der Waals surface area contributed by atoms with Crippen molar-refractivity contribution in [3.8, 4) is 17.2 Å². The van der Waals surface area contributed by atoms with E-state index >= 15 is 0 Å². The summed E-state index contributed by atoms with van der Waals surface area (Å²) in [7, 11) is 1.76. The van der Waals surface area contributed by atoms with Crippen molar-refractivity contribution in [1.82, 2.24) is 0 Å². The number of hydrogen-bond donors (Lipinski definition) is 1. The molecule has 3 atom stereocenters. The maximum atomic E-state index is 6.05. The van der Waals surface area contributed by atoms with E-state index in [9.17, 15) is 0 Å². The number of ether oxygens (including phenoxy) is 3. The van der Waals surface area contributed by atoms with E-state index in [4.69, 9.17) is 14.2 Å². The number of allylic oxidation sites excluding steroid dienone is 2. The average molecular weight is 464 g/mol. The van der Waals surface area contributed by atoms with E-state index < -0.39 is 0 Å². The Bertz CT molecular complexity index is 1360. The monoisotopic (exact) mass is 463 g/mol. The third kappa shape index (κ3) is 4.10. The lowest BCUT2D eigenvalue weighted by Crippen LogP contribution is -2.29. The predicted molar refractivity (Wildman–Crippen MR) is 141 cm³/mol. The second-order valence-electron chi connectivity index (χ2n) is 9.14. The van der Waals surface area contributed by atoms with Crippen molar-refractivity contribution in [3.05, 3.63) is 108 Å². The summed E-state index contributed by atoms with van der Waals surface area (Å²) < 4.78 is 17.7. The minimum Gasteiger partial charge on any atom is -0.496 e. The molecule has 176 valence electrons. The van der Waals surface area contributed by atoms with Gasteiger partial charge in [0.25, 0.3) is 0 Å². The molecule has 0 saturated heterocycles. The molecule has 1 N–H and O–H groups in total. The fraction of sp³-hybridized carbons (Fsp3) is 0.226. The SMILES string of the molecule is COc1ccc2ccccc2c1C1Nc2ccc(OCCOc3ccccc3)cc2C2C=CCC21. The summed E-state index contributed by atoms with van der Waals surface area (Å²) in [4.78, 5) is 0. The molecule has 4 heteroatoms. The molecular formula is C31H29NO3. The Balaban J connectivity index is 1.26. The van der Waals surface area contributed by atoms with Crippen molar-refractivity contribution in [3.63, 3.8) is 0 Å². The first-order valence-corrected chi connectivity index (χ1v) is 12.3. The maximum absolute atomic E-state index is 6.05. The zero-order valence-corrected chi connectivity index (χ0v) is 19.8. The molecule has 0 saturated carbocycles. The molecule has 0 spiro atoms. The van der Waals surface area contributed by atoms with E-state index in [2.05, 4.69) is 66.0 Å². The van der Waals surface area contributed by atoms with Crippen molar-refractivity contribution in [2.75, 3.05) is 25.6 Å². The van der Waals surface area contributed by atoms with Crippen molar-refractivity contribution in [2.24, 2.45) is 5.92 Å². The molecule has 2 aliphatic rings. The van der Waals surface area contributed by atoms with Crippen LogP contribution in [-0.2, 0) is 0 Å². The van der Waals surface area contributed by atoms with Crippen LogP contribution < -0.4 is 19.5 Å². The van der Waals surface area contributed by atoms with Crippen LogP contribution in [0.3, 0.4) is 0 Å². The van der Waals surface area contributed by atoms with Gasteiger partial charge < -0.3 is 19.5 Å². The summed E-state index contributed by atoms with van der Waals surface area (Å²) in [6.07, 6.45) is 5.71. The maximum Gasteiger partial charge on any atom is 0.124 e. The number of para-hydroxylation sites is 1. The van der Waals surface area contributed by atoms with E-state index in [1.165, 1.54) is 21.9 Å². The zero-order chi connectivity index (χ0) is 23.6. The molecular weight excluding hydrogens is 434 g/mol. The number of rotatable bonds is 7. The van der Waals surface area contributed by atoms with Crippen LogP contribution in [0.15, 0.2) is 97.1 Å². The first-order chi connectivity index (χ1) is 17.3. The minimum atomic E-state index is 0.162. The van der Waals surface area contributed by atoms with Crippen LogP contribution in [0.1, 0.15) is 29.5 Å². The molecule has 1 aliphatic heterocycles. The summed E-state index contributed by atoms with van der Waals surface area (Å²) in [6.45, 7) is 1.01. The van der Waals surface area contributed by atoms with Crippen LogP contribution in [-0.4, -0.2) is 20.3 Å². The third-order valence-electron chi connectivity index (χ3n) is 7.16. The zero-order valence-electron chi connectivity index (χ0n) is 19.8. The van der Waals surface area contributed by atoms with E-state index in [1.807, 2.05) is 36.4 Å². The predicted octanol–water partition coefficient (Wildman–Crippen LogP) is 7.13. The van der Waals surface area contributed by atoms with Crippen molar-refractivity contribution in [1.29, 1.82) is 0 Å². The Labute approximate surface area is 206 Å². The highest BCUT2D eigenvalue weighted by Crippen LogP contribution is 2.53. The summed E-state index contributed by atoms with van der Waals surface area (Å²) in [6, 6.07) is 29.2. The Hall–Kier alpha value is -3.92. The van der Waals surface area contributed by atoms with Gasteiger partial charge in [0.1, 0.15) is 30.5 Å². The van der Waals surface area contributed by atoms with Crippen molar-refractivity contribution < 1.29 is 14.2 Å². The summed E-state index contributed by atoms with van der Waals surface area (Å²) in [5, 5.41) is 6.35. The van der Waals surface area contributed by atoms with Gasteiger partial charge in [-0.15, -0.1) is 0 Å². The second-order valence-corrected chi connectivity index (χ2v) is 9.14. The lowest BCUT2D eigenvalue weighted by molar-refractivity contribution is 0.217. The number of methoxy groups -OCH3 is 1. The first-order valence-electron chi connectivity index (χ1n) is 12.3. The summed E-state index contributed by atoms with van der Waals surface area (Å²) >= 11 is 0. The van der Waals surface area contributed by atoms with Gasteiger partial charge in [0.2, 0.25) is 0 Å². The molecule has 1 heterocycles. The number of hydrogen-bond acceptors (Lipinski definition) is 4. The molecule has 35 heavy (non-hydrogen) atoms. The van der Waals surface area contributed by atoms with Gasteiger partial charge in [0.05, 0.1) is 13.2 Å².